The van der Waals surface area contributed by atoms with Crippen molar-refractivity contribution in [3.8, 4) is 17.2 Å². The van der Waals surface area contributed by atoms with Gasteiger partial charge in [0.1, 0.15) is 79.9 Å². The third kappa shape index (κ3) is 24.8. The second-order valence-electron chi connectivity index (χ2n) is 30.8. The lowest BCUT2D eigenvalue weighted by Crippen LogP contribution is -2.63. The number of thiocarbonyl (C=S) groups is 2. The van der Waals surface area contributed by atoms with E-state index in [0.29, 0.717) is 84.1 Å². The first kappa shape index (κ1) is 103. The first-order chi connectivity index (χ1) is 63.2. The fourth-order valence-electron chi connectivity index (χ4n) is 15.3. The van der Waals surface area contributed by atoms with Crippen LogP contribution < -0.4 is 29.3 Å². The third-order valence-corrected chi connectivity index (χ3v) is 23.6. The molecule has 46 nitrogen and oxygen atoms in total. The maximum absolute atomic E-state index is 13.7. The van der Waals surface area contributed by atoms with Gasteiger partial charge in [-0.25, -0.2) is 56.8 Å². The highest BCUT2D eigenvalue weighted by Gasteiger charge is 2.54. The number of ether oxygens (including phenoxy) is 15. The quantitative estimate of drug-likeness (QED) is 0.0156. The van der Waals surface area contributed by atoms with Gasteiger partial charge in [-0.05, 0) is 104 Å². The predicted molar refractivity (Wildman–Crippen MR) is 479 cm³/mol. The van der Waals surface area contributed by atoms with E-state index in [-0.39, 0.29) is 114 Å². The highest BCUT2D eigenvalue weighted by Crippen LogP contribution is 2.39. The van der Waals surface area contributed by atoms with Gasteiger partial charge in [0.25, 0.3) is 29.1 Å². The number of rotatable bonds is 32. The zero-order chi connectivity index (χ0) is 96.5. The van der Waals surface area contributed by atoms with Crippen molar-refractivity contribution in [2.45, 2.75) is 113 Å². The molecule has 48 heteroatoms. The van der Waals surface area contributed by atoms with E-state index in [4.69, 9.17) is 109 Å². The Labute approximate surface area is 770 Å². The first-order valence-corrected chi connectivity index (χ1v) is 42.0. The standard InChI is InChI=1S/C39H51N9O12S.C23H23N7O5.C22H33N3O10S/c1-23-12-14-46(29(49)19-40-2)20-27(23)45(5)34-25-13-15-47(35(25)42-22-41-34)38(51)43(3)16-17-44(4)39(61)58-21-24-10-11-28(26(18-24)48(52)53)59-37-33(56-8)31(55-7)30(54-6)32(60-37)36(50)57-9;1-15-8-10-28(20(31)12-24-2)13-19(15)27(3)21-18-9-11-29(22(18)26-14-25-21)23(32)35-17-6-4-16(5-7-17)30(33)34;1-23-9-10-24(2)22(36)33-12-13-7-8-15(14(11-13)25(27)28)34-21-19(31-5)17(30-4)16(29-3)18(35-21)20(26)32-6/h10-11,13,15,18,22-23,27,30-33,37H,12,14,16-17,19-21H2,1,3-9H3;4-7,9,11,14-15,19H,8,10,12-13H2,1,3H3;7-8,11,16-19,21,23H,9-10,12H2,1-6H3/t23-,27+,30+,31+,32+,33-,37-;15-,19+;16-,17-,18-,19+,21+/m110/s1. The van der Waals surface area contributed by atoms with Crippen LogP contribution in [0.2, 0.25) is 0 Å². The molecule has 4 fully saturated rings. The first-order valence-electron chi connectivity index (χ1n) is 41.2. The van der Waals surface area contributed by atoms with Gasteiger partial charge in [0.15, 0.2) is 35.0 Å². The lowest BCUT2D eigenvalue weighted by atomic mass is 9.92. The topological polar surface area (TPSA) is 475 Å². The van der Waals surface area contributed by atoms with Crippen LogP contribution in [0.3, 0.4) is 0 Å². The zero-order valence-electron chi connectivity index (χ0n) is 75.6. The highest BCUT2D eigenvalue weighted by molar-refractivity contribution is 7.80. The van der Waals surface area contributed by atoms with Crippen molar-refractivity contribution in [1.29, 1.82) is 0 Å². The summed E-state index contributed by atoms with van der Waals surface area (Å²) in [6, 6.07) is 16.8. The molecule has 0 saturated carbocycles. The maximum atomic E-state index is 13.7. The van der Waals surface area contributed by atoms with Crippen LogP contribution in [0.1, 0.15) is 37.8 Å². The van der Waals surface area contributed by atoms with Crippen molar-refractivity contribution in [3.05, 3.63) is 162 Å². The van der Waals surface area contributed by atoms with E-state index in [2.05, 4.69) is 48.8 Å². The van der Waals surface area contributed by atoms with Crippen molar-refractivity contribution in [2.75, 3.05) is 174 Å². The van der Waals surface area contributed by atoms with Crippen LogP contribution in [-0.4, -0.2) is 353 Å². The van der Waals surface area contributed by atoms with Gasteiger partial charge < -0.3 is 120 Å². The molecular formula is C84H107N19O27S2. The van der Waals surface area contributed by atoms with Gasteiger partial charge in [0.05, 0.1) is 51.8 Å². The Bertz CT molecular complexity index is 5320. The normalized spacial score (nSPS) is 21.5. The minimum Gasteiger partial charge on any atom is -0.467 e. The molecule has 11 rings (SSSR count). The summed E-state index contributed by atoms with van der Waals surface area (Å²) < 4.78 is 85.5. The molecule has 4 aliphatic heterocycles. The van der Waals surface area contributed by atoms with Crippen LogP contribution in [-0.2, 0) is 89.2 Å². The van der Waals surface area contributed by atoms with Crippen LogP contribution in [0.4, 0.5) is 38.3 Å². The number of nitro groups is 3. The molecule has 0 unspecified atom stereocenters. The molecule has 4 saturated heterocycles. The number of benzene rings is 3. The average Bonchev–Trinajstić information content (AvgIpc) is 1.73. The van der Waals surface area contributed by atoms with Gasteiger partial charge in [-0.1, -0.05) is 26.0 Å². The van der Waals surface area contributed by atoms with Gasteiger partial charge in [-0.15, -0.1) is 0 Å². The minimum atomic E-state index is -1.32. The second kappa shape index (κ2) is 48.3. The number of methoxy groups -OCH3 is 8. The number of piperidine rings is 2. The molecule has 8 heterocycles. The van der Waals surface area contributed by atoms with Gasteiger partial charge >= 0.3 is 47.3 Å². The highest BCUT2D eigenvalue weighted by atomic mass is 32.1. The second-order valence-corrected chi connectivity index (χ2v) is 31.5. The maximum Gasteiger partial charge on any atom is 0.425 e. The summed E-state index contributed by atoms with van der Waals surface area (Å²) in [5, 5.41) is 39.5. The number of esters is 2. The van der Waals surface area contributed by atoms with E-state index in [1.165, 1.54) is 138 Å². The van der Waals surface area contributed by atoms with Crippen LogP contribution >= 0.6 is 24.4 Å². The third-order valence-electron chi connectivity index (χ3n) is 22.8. The van der Waals surface area contributed by atoms with Crippen LogP contribution in [0, 0.1) is 55.3 Å². The molecule has 712 valence electrons. The van der Waals surface area contributed by atoms with Crippen LogP contribution in [0.5, 0.6) is 17.2 Å². The van der Waals surface area contributed by atoms with E-state index >= 15 is 0 Å². The number of aromatic nitrogens is 6. The van der Waals surface area contributed by atoms with E-state index in [1.54, 1.807) is 71.2 Å². The lowest BCUT2D eigenvalue weighted by molar-refractivity contribution is -0.387. The molecule has 4 aliphatic rings. The smallest absolute Gasteiger partial charge is 0.425 e. The monoisotopic (exact) mass is 1880 g/mol. The van der Waals surface area contributed by atoms with E-state index in [1.807, 2.05) is 30.9 Å². The Morgan fingerprint density at radius 2 is 0.947 bits per heavy atom. The number of fused-ring (bicyclic) bond motifs is 2. The van der Waals surface area contributed by atoms with E-state index < -0.39 is 99.9 Å². The van der Waals surface area contributed by atoms with Crippen LogP contribution in [0.15, 0.2) is 97.8 Å². The molecule has 132 heavy (non-hydrogen) atoms. The fraction of sp³-hybridized carbons (Fsp3) is 0.524. The summed E-state index contributed by atoms with van der Waals surface area (Å²) >= 11 is 10.7. The number of carbonyl (C=O) groups excluding carboxylic acids is 6. The molecule has 0 spiro atoms. The van der Waals surface area contributed by atoms with Crippen LogP contribution in [0.25, 0.3) is 31.8 Å². The molecule has 0 aliphatic carbocycles. The summed E-state index contributed by atoms with van der Waals surface area (Å²) in [6.45, 7) is 21.9. The number of non-ortho nitro benzene ring substituents is 1. The molecule has 0 radical (unpaired) electrons. The number of nitro benzene ring substituents is 3. The van der Waals surface area contributed by atoms with E-state index in [0.717, 1.165) is 19.4 Å². The van der Waals surface area contributed by atoms with Gasteiger partial charge in [0.2, 0.25) is 12.6 Å². The van der Waals surface area contributed by atoms with Gasteiger partial charge in [-0.3, -0.25) is 44.5 Å². The summed E-state index contributed by atoms with van der Waals surface area (Å²) in [5.41, 5.74) is 0.838. The number of carbonyl (C=O) groups is 6. The van der Waals surface area contributed by atoms with Crippen molar-refractivity contribution < 1.29 is 115 Å². The van der Waals surface area contributed by atoms with Crippen molar-refractivity contribution in [2.24, 2.45) is 11.8 Å². The number of hydrogen-bond donors (Lipinski definition) is 1. The number of amides is 3. The molecule has 0 bridgehead atoms. The molecule has 3 aromatic carbocycles. The Morgan fingerprint density at radius 1 is 0.538 bits per heavy atom. The van der Waals surface area contributed by atoms with E-state index in [9.17, 15) is 59.1 Å². The van der Waals surface area contributed by atoms with Crippen molar-refractivity contribution in [3.63, 3.8) is 0 Å². The number of likely N-dealkylation sites (N-methyl/N-ethyl adjacent to an activating group) is 6. The number of nitrogens with zero attached hydrogens (tertiary/aromatic N) is 18. The van der Waals surface area contributed by atoms with Gasteiger partial charge in [-0.2, -0.15) is 0 Å². The molecule has 4 aromatic heterocycles. The minimum absolute atomic E-state index is 0.0240. The van der Waals surface area contributed by atoms with Gasteiger partial charge in [0, 0.05) is 167 Å². The summed E-state index contributed by atoms with van der Waals surface area (Å²) in [4.78, 5) is 146. The summed E-state index contributed by atoms with van der Waals surface area (Å²) in [6.07, 6.45) is -3.51. The number of anilines is 2. The summed E-state index contributed by atoms with van der Waals surface area (Å²) in [5.74, 6) is -0.194. The SMILES string of the molecule is CNCCN(C)C(=S)OCc1ccc(O[C@@H]2O[C@H](C(=O)OC)[C@@H](OC)[C@H](OC)[C@H]2OC)c([N+](=O)[O-])c1.[C-]#[N+]CC(=O)N1CC[C@@H](C)[C@@H](N(C)c2ncnc3c2ccn3C(=O)N(C)CCN(C)C(=S)OCc2ccc(O[C@@H]3O[C@H](C(=O)OC)[C@@H](OC)[C@H](OC)[C@H]3OC)c([N+](=O)[O-])c2)C1.[C-]#[N+]CC(=O)N1CC[C@@H](C)[C@@H](N(C)c2ncnc3c2ccn3C(=O)Oc2ccc([N+](=O)[O-])cc2)C1. The number of likely N-dealkylation sites (tertiary alicyclic amines) is 2. The Hall–Kier alpha value is -12.9. The number of hydrogen-bond acceptors (Lipinski definition) is 36. The molecule has 1 N–H and O–H groups in total. The summed E-state index contributed by atoms with van der Waals surface area (Å²) in [7, 11) is 21.5. The number of nitrogens with one attached hydrogen (secondary N) is 1. The molecule has 14 atom stereocenters. The lowest BCUT2D eigenvalue weighted by Gasteiger charge is -2.43. The molecular weight excluding hydrogens is 1770 g/mol. The van der Waals surface area contributed by atoms with Crippen molar-refractivity contribution in [1.82, 2.24) is 58.9 Å². The Balaban J connectivity index is 0.000000237. The molecule has 7 aromatic rings. The average molecular weight is 1880 g/mol. The fourth-order valence-corrected chi connectivity index (χ4v) is 15.6. The zero-order valence-corrected chi connectivity index (χ0v) is 77.2. The molecule has 3 amide bonds. The largest absolute Gasteiger partial charge is 0.467 e. The van der Waals surface area contributed by atoms with Crippen molar-refractivity contribution >= 4 is 121 Å². The predicted octanol–water partition coefficient (Wildman–Crippen LogP) is 6.44. The Morgan fingerprint density at radius 3 is 1.34 bits per heavy atom. The Kier molecular flexibility index (Phi) is 37.6.